The van der Waals surface area contributed by atoms with E-state index in [1.807, 2.05) is 0 Å². The molecule has 1 amide bonds. The van der Waals surface area contributed by atoms with Crippen molar-refractivity contribution >= 4 is 64.6 Å². The fourth-order valence-corrected chi connectivity index (χ4v) is 4.96. The quantitative estimate of drug-likeness (QED) is 0.708. The van der Waals surface area contributed by atoms with E-state index in [4.69, 9.17) is 0 Å². The summed E-state index contributed by atoms with van der Waals surface area (Å²) in [5.74, 6) is -1.24. The van der Waals surface area contributed by atoms with Crippen LogP contribution < -0.4 is 5.32 Å². The van der Waals surface area contributed by atoms with E-state index >= 15 is 0 Å². The van der Waals surface area contributed by atoms with E-state index in [-0.39, 0.29) is 10.6 Å². The SMILES string of the molecule is CS(=O)(=O)c1ccc(F)c(NC(=O)c2cc(Br)sc2Br)c1. The highest BCUT2D eigenvalue weighted by Crippen LogP contribution is 2.32. The molecule has 0 unspecified atom stereocenters. The number of thiophene rings is 1. The average Bonchev–Trinajstić information content (AvgIpc) is 2.70. The third-order valence-electron chi connectivity index (χ3n) is 2.52. The van der Waals surface area contributed by atoms with Crippen molar-refractivity contribution in [2.24, 2.45) is 0 Å². The molecular weight excluding hydrogens is 449 g/mol. The van der Waals surface area contributed by atoms with Gasteiger partial charge in [-0.05, 0) is 56.1 Å². The van der Waals surface area contributed by atoms with Gasteiger partial charge in [-0.1, -0.05) is 0 Å². The van der Waals surface area contributed by atoms with E-state index < -0.39 is 21.6 Å². The summed E-state index contributed by atoms with van der Waals surface area (Å²) >= 11 is 7.78. The first-order valence-electron chi connectivity index (χ1n) is 5.44. The standard InChI is InChI=1S/C12H8Br2FNO3S2/c1-21(18,19)6-2-3-8(15)9(4-6)16-12(17)7-5-10(13)20-11(7)14/h2-5H,1H3,(H,16,17). The lowest BCUT2D eigenvalue weighted by Gasteiger charge is -2.07. The molecule has 4 nitrogen and oxygen atoms in total. The summed E-state index contributed by atoms with van der Waals surface area (Å²) in [6, 6.07) is 4.84. The van der Waals surface area contributed by atoms with Gasteiger partial charge in [0.1, 0.15) is 5.82 Å². The monoisotopic (exact) mass is 455 g/mol. The van der Waals surface area contributed by atoms with Crippen LogP contribution in [0.2, 0.25) is 0 Å². The van der Waals surface area contributed by atoms with Crippen molar-refractivity contribution in [3.8, 4) is 0 Å². The van der Waals surface area contributed by atoms with Crippen LogP contribution in [-0.4, -0.2) is 20.6 Å². The zero-order valence-corrected chi connectivity index (χ0v) is 15.3. The Kier molecular flexibility index (Phi) is 4.86. The Labute approximate surface area is 141 Å². The van der Waals surface area contributed by atoms with E-state index in [1.54, 1.807) is 6.07 Å². The number of amides is 1. The Morgan fingerprint density at radius 3 is 2.48 bits per heavy atom. The van der Waals surface area contributed by atoms with Gasteiger partial charge in [0.05, 0.1) is 23.7 Å². The molecule has 1 aromatic carbocycles. The Hall–Kier alpha value is -0.770. The summed E-state index contributed by atoms with van der Waals surface area (Å²) in [4.78, 5) is 12.0. The van der Waals surface area contributed by atoms with Crippen molar-refractivity contribution in [1.82, 2.24) is 0 Å². The average molecular weight is 457 g/mol. The van der Waals surface area contributed by atoms with Crippen molar-refractivity contribution in [3.05, 3.63) is 43.2 Å². The topological polar surface area (TPSA) is 63.2 Å². The number of carbonyl (C=O) groups is 1. The van der Waals surface area contributed by atoms with Gasteiger partial charge in [0.2, 0.25) is 0 Å². The number of hydrogen-bond donors (Lipinski definition) is 1. The minimum absolute atomic E-state index is 0.0650. The fraction of sp³-hybridized carbons (Fsp3) is 0.0833. The van der Waals surface area contributed by atoms with E-state index in [9.17, 15) is 17.6 Å². The summed E-state index contributed by atoms with van der Waals surface area (Å²) in [7, 11) is -3.48. The van der Waals surface area contributed by atoms with Gasteiger partial charge >= 0.3 is 0 Å². The van der Waals surface area contributed by atoms with Gasteiger partial charge in [0.15, 0.2) is 9.84 Å². The smallest absolute Gasteiger partial charge is 0.257 e. The molecule has 0 fully saturated rings. The molecule has 2 aromatic rings. The Morgan fingerprint density at radius 2 is 1.95 bits per heavy atom. The molecule has 21 heavy (non-hydrogen) atoms. The normalized spacial score (nSPS) is 11.4. The second kappa shape index (κ2) is 6.15. The Bertz CT molecular complexity index is 818. The van der Waals surface area contributed by atoms with E-state index in [0.717, 1.165) is 28.2 Å². The van der Waals surface area contributed by atoms with Crippen LogP contribution in [0.5, 0.6) is 0 Å². The molecule has 0 saturated carbocycles. The molecule has 1 aromatic heterocycles. The molecule has 1 heterocycles. The van der Waals surface area contributed by atoms with E-state index in [0.29, 0.717) is 9.35 Å². The number of halogens is 3. The van der Waals surface area contributed by atoms with Gasteiger partial charge in [-0.15, -0.1) is 11.3 Å². The van der Waals surface area contributed by atoms with Crippen molar-refractivity contribution in [3.63, 3.8) is 0 Å². The second-order valence-corrected chi connectivity index (χ2v) is 9.87. The molecule has 0 bridgehead atoms. The maximum absolute atomic E-state index is 13.7. The molecule has 1 N–H and O–H groups in total. The number of rotatable bonds is 3. The first-order chi connectivity index (χ1) is 9.68. The van der Waals surface area contributed by atoms with Crippen molar-refractivity contribution in [2.75, 3.05) is 11.6 Å². The van der Waals surface area contributed by atoms with Crippen LogP contribution in [0.15, 0.2) is 36.7 Å². The number of benzene rings is 1. The predicted molar refractivity (Wildman–Crippen MR) is 87.2 cm³/mol. The molecule has 0 saturated heterocycles. The van der Waals surface area contributed by atoms with Gasteiger partial charge in [-0.3, -0.25) is 4.79 Å². The minimum atomic E-state index is -3.48. The van der Waals surface area contributed by atoms with Crippen molar-refractivity contribution in [1.29, 1.82) is 0 Å². The summed E-state index contributed by atoms with van der Waals surface area (Å²) in [6.45, 7) is 0. The molecule has 0 aliphatic rings. The summed E-state index contributed by atoms with van der Waals surface area (Å²) in [5.41, 5.74) is 0.146. The first-order valence-corrected chi connectivity index (χ1v) is 9.73. The number of anilines is 1. The molecule has 2 rings (SSSR count). The summed E-state index contributed by atoms with van der Waals surface area (Å²) < 4.78 is 38.0. The van der Waals surface area contributed by atoms with Crippen LogP contribution in [0, 0.1) is 5.82 Å². The van der Waals surface area contributed by atoms with Crippen LogP contribution in [-0.2, 0) is 9.84 Å². The third kappa shape index (κ3) is 3.91. The molecule has 0 aliphatic heterocycles. The van der Waals surface area contributed by atoms with Gasteiger partial charge < -0.3 is 5.32 Å². The molecule has 0 atom stereocenters. The van der Waals surface area contributed by atoms with Gasteiger partial charge in [0.25, 0.3) is 5.91 Å². The number of carbonyl (C=O) groups excluding carboxylic acids is 1. The third-order valence-corrected chi connectivity index (χ3v) is 5.97. The molecule has 112 valence electrons. The van der Waals surface area contributed by atoms with Crippen LogP contribution in [0.1, 0.15) is 10.4 Å². The number of sulfone groups is 1. The van der Waals surface area contributed by atoms with Crippen molar-refractivity contribution in [2.45, 2.75) is 4.90 Å². The highest BCUT2D eigenvalue weighted by atomic mass is 79.9. The molecule has 0 radical (unpaired) electrons. The highest BCUT2D eigenvalue weighted by Gasteiger charge is 2.17. The van der Waals surface area contributed by atoms with Crippen molar-refractivity contribution < 1.29 is 17.6 Å². The highest BCUT2D eigenvalue weighted by molar-refractivity contribution is 9.12. The van der Waals surface area contributed by atoms with Crippen LogP contribution in [0.3, 0.4) is 0 Å². The molecule has 9 heteroatoms. The zero-order valence-electron chi connectivity index (χ0n) is 10.5. The number of nitrogens with one attached hydrogen (secondary N) is 1. The van der Waals surface area contributed by atoms with Gasteiger partial charge in [-0.25, -0.2) is 12.8 Å². The molecular formula is C12H8Br2FNO3S2. The van der Waals surface area contributed by atoms with Crippen LogP contribution in [0.4, 0.5) is 10.1 Å². The second-order valence-electron chi connectivity index (χ2n) is 4.11. The lowest BCUT2D eigenvalue weighted by Crippen LogP contribution is -2.13. The lowest BCUT2D eigenvalue weighted by molar-refractivity contribution is 0.102. The molecule has 0 spiro atoms. The Morgan fingerprint density at radius 1 is 1.29 bits per heavy atom. The van der Waals surface area contributed by atoms with Gasteiger partial charge in [0, 0.05) is 6.26 Å². The maximum atomic E-state index is 13.7. The fourth-order valence-electron chi connectivity index (χ4n) is 1.52. The first kappa shape index (κ1) is 16.6. The Balaban J connectivity index is 2.35. The van der Waals surface area contributed by atoms with E-state index in [2.05, 4.69) is 37.2 Å². The van der Waals surface area contributed by atoms with Gasteiger partial charge in [-0.2, -0.15) is 0 Å². The summed E-state index contributed by atoms with van der Waals surface area (Å²) in [5, 5.41) is 2.37. The lowest BCUT2D eigenvalue weighted by atomic mass is 10.2. The number of hydrogen-bond acceptors (Lipinski definition) is 4. The van der Waals surface area contributed by atoms with Crippen LogP contribution in [0.25, 0.3) is 0 Å². The van der Waals surface area contributed by atoms with E-state index in [1.165, 1.54) is 11.3 Å². The largest absolute Gasteiger partial charge is 0.319 e. The molecule has 0 aliphatic carbocycles. The van der Waals surface area contributed by atoms with Crippen LogP contribution >= 0.6 is 43.2 Å². The zero-order chi connectivity index (χ0) is 15.8. The maximum Gasteiger partial charge on any atom is 0.257 e. The predicted octanol–water partition coefficient (Wildman–Crippen LogP) is 4.07. The minimum Gasteiger partial charge on any atom is -0.319 e. The summed E-state index contributed by atoms with van der Waals surface area (Å²) in [6.07, 6.45) is 1.01.